The van der Waals surface area contributed by atoms with E-state index in [1.165, 1.54) is 24.3 Å². The van der Waals surface area contributed by atoms with Gasteiger partial charge in [-0.3, -0.25) is 4.79 Å². The minimum Gasteiger partial charge on any atom is -0.508 e. The van der Waals surface area contributed by atoms with E-state index in [1.54, 1.807) is 0 Å². The maximum atomic E-state index is 14.5. The van der Waals surface area contributed by atoms with Crippen molar-refractivity contribution in [1.29, 1.82) is 0 Å². The lowest BCUT2D eigenvalue weighted by Crippen LogP contribution is -2.27. The Hall–Kier alpha value is -3.82. The molecule has 0 amide bonds. The number of halogens is 3. The van der Waals surface area contributed by atoms with Crippen LogP contribution in [0.4, 0.5) is 13.2 Å². The number of aromatic carboxylic acids is 1. The van der Waals surface area contributed by atoms with Gasteiger partial charge in [0.1, 0.15) is 17.4 Å². The molecule has 0 aliphatic heterocycles. The summed E-state index contributed by atoms with van der Waals surface area (Å²) < 4.78 is 42.5. The average Bonchev–Trinajstić information content (AvgIpc) is 2.66. The van der Waals surface area contributed by atoms with Crippen LogP contribution in [0, 0.1) is 17.5 Å². The van der Waals surface area contributed by atoms with Crippen LogP contribution < -0.4 is 5.43 Å². The Balaban J connectivity index is 2.35. The van der Waals surface area contributed by atoms with Gasteiger partial charge in [-0.05, 0) is 23.8 Å². The van der Waals surface area contributed by atoms with Gasteiger partial charge in [0.25, 0.3) is 0 Å². The molecular formula is C19H12F3NO6. The highest BCUT2D eigenvalue weighted by atomic mass is 19.2. The molecule has 7 nitrogen and oxygen atoms in total. The van der Waals surface area contributed by atoms with Crippen LogP contribution >= 0.6 is 0 Å². The number of hydrogen-bond donors (Lipinski definition) is 3. The fraction of sp³-hybridized carbons (Fsp3) is 0.105. The summed E-state index contributed by atoms with van der Waals surface area (Å²) in [6, 6.07) is 3.97. The molecule has 0 aliphatic carbocycles. The number of aromatic nitrogens is 1. The molecule has 0 radical (unpaired) electrons. The summed E-state index contributed by atoms with van der Waals surface area (Å²) >= 11 is 0. The Kier molecular flexibility index (Phi) is 5.02. The molecule has 3 rings (SSSR count). The lowest BCUT2D eigenvalue weighted by molar-refractivity contribution is -0.140. The minimum atomic E-state index is -1.93. The summed E-state index contributed by atoms with van der Waals surface area (Å²) in [4.78, 5) is 35.6. The van der Waals surface area contributed by atoms with Crippen molar-refractivity contribution in [2.24, 2.45) is 0 Å². The van der Waals surface area contributed by atoms with Crippen LogP contribution in [-0.2, 0) is 11.2 Å². The smallest absolute Gasteiger partial charge is 0.341 e. The highest BCUT2D eigenvalue weighted by Crippen LogP contribution is 2.27. The molecule has 1 unspecified atom stereocenters. The first-order chi connectivity index (χ1) is 13.6. The van der Waals surface area contributed by atoms with Crippen LogP contribution in [0.15, 0.2) is 41.3 Å². The summed E-state index contributed by atoms with van der Waals surface area (Å²) in [6.07, 6.45) is 0.262. The van der Waals surface area contributed by atoms with Gasteiger partial charge in [0.05, 0.1) is 10.9 Å². The average molecular weight is 407 g/mol. The summed E-state index contributed by atoms with van der Waals surface area (Å²) in [7, 11) is 0. The van der Waals surface area contributed by atoms with E-state index >= 15 is 0 Å². The molecule has 10 heteroatoms. The maximum absolute atomic E-state index is 14.5. The number of phenolic OH excluding ortho intramolecular Hbond substituents is 1. The number of carbonyl (C=O) groups is 2. The Bertz CT molecular complexity index is 1200. The molecule has 0 saturated carbocycles. The van der Waals surface area contributed by atoms with Crippen molar-refractivity contribution >= 4 is 22.8 Å². The Morgan fingerprint density at radius 2 is 1.66 bits per heavy atom. The quantitative estimate of drug-likeness (QED) is 0.560. The summed E-state index contributed by atoms with van der Waals surface area (Å²) in [6.45, 7) is 0. The molecule has 150 valence electrons. The summed E-state index contributed by atoms with van der Waals surface area (Å²) in [5.74, 6) is -8.83. The van der Waals surface area contributed by atoms with Gasteiger partial charge < -0.3 is 19.9 Å². The number of pyridine rings is 1. The van der Waals surface area contributed by atoms with E-state index in [0.717, 1.165) is 0 Å². The van der Waals surface area contributed by atoms with E-state index in [4.69, 9.17) is 0 Å². The first kappa shape index (κ1) is 19.9. The van der Waals surface area contributed by atoms with Crippen molar-refractivity contribution in [1.82, 2.24) is 4.57 Å². The van der Waals surface area contributed by atoms with Crippen molar-refractivity contribution in [3.05, 3.63) is 75.3 Å². The monoisotopic (exact) mass is 407 g/mol. The van der Waals surface area contributed by atoms with Crippen LogP contribution in [0.5, 0.6) is 5.75 Å². The van der Waals surface area contributed by atoms with E-state index in [2.05, 4.69) is 0 Å². The van der Waals surface area contributed by atoms with Gasteiger partial charge in [-0.1, -0.05) is 12.1 Å². The molecule has 29 heavy (non-hydrogen) atoms. The van der Waals surface area contributed by atoms with Crippen molar-refractivity contribution in [3.63, 3.8) is 0 Å². The largest absolute Gasteiger partial charge is 0.508 e. The number of carboxylic acids is 2. The molecule has 1 aromatic heterocycles. The second kappa shape index (κ2) is 7.30. The van der Waals surface area contributed by atoms with Crippen LogP contribution in [0.3, 0.4) is 0 Å². The summed E-state index contributed by atoms with van der Waals surface area (Å²) in [5.41, 5.74) is -2.72. The molecule has 0 saturated heterocycles. The second-order valence-electron chi connectivity index (χ2n) is 6.19. The predicted octanol–water partition coefficient (Wildman–Crippen LogP) is 2.69. The van der Waals surface area contributed by atoms with E-state index < -0.39 is 57.3 Å². The molecule has 0 fully saturated rings. The molecule has 1 atom stereocenters. The SMILES string of the molecule is O=C(O)c1cn(C(Cc2ccc(O)cc2)C(=O)O)c2c(F)c(F)c(F)cc2c1=O. The normalized spacial score (nSPS) is 12.1. The number of phenols is 1. The third kappa shape index (κ3) is 3.51. The lowest BCUT2D eigenvalue weighted by Gasteiger charge is -2.20. The molecule has 0 bridgehead atoms. The number of nitrogens with zero attached hydrogens (tertiary/aromatic N) is 1. The highest BCUT2D eigenvalue weighted by molar-refractivity contribution is 5.93. The lowest BCUT2D eigenvalue weighted by atomic mass is 10.0. The fourth-order valence-electron chi connectivity index (χ4n) is 2.98. The standard InChI is InChI=1S/C19H12F3NO6/c20-12-6-10-16(15(22)14(12)21)23(7-11(17(10)25)18(26)27)13(19(28)29)5-8-1-3-9(24)4-2-8/h1-4,6-7,13,24H,5H2,(H,26,27)(H,28,29). The number of carboxylic acid groups (broad SMARTS) is 2. The molecule has 3 N–H and O–H groups in total. The van der Waals surface area contributed by atoms with Crippen molar-refractivity contribution in [3.8, 4) is 5.75 Å². The third-order valence-electron chi connectivity index (χ3n) is 4.37. The van der Waals surface area contributed by atoms with Crippen LogP contribution in [0.2, 0.25) is 0 Å². The van der Waals surface area contributed by atoms with Gasteiger partial charge >= 0.3 is 11.9 Å². The maximum Gasteiger partial charge on any atom is 0.341 e. The zero-order valence-electron chi connectivity index (χ0n) is 14.4. The first-order valence-electron chi connectivity index (χ1n) is 8.08. The van der Waals surface area contributed by atoms with E-state index in [9.17, 15) is 42.9 Å². The molecular weight excluding hydrogens is 395 g/mol. The third-order valence-corrected chi connectivity index (χ3v) is 4.37. The van der Waals surface area contributed by atoms with E-state index in [0.29, 0.717) is 22.4 Å². The van der Waals surface area contributed by atoms with Gasteiger partial charge in [0, 0.05) is 12.6 Å². The van der Waals surface area contributed by atoms with Crippen LogP contribution in [0.1, 0.15) is 22.0 Å². The zero-order valence-corrected chi connectivity index (χ0v) is 14.4. The number of benzene rings is 2. The molecule has 2 aromatic carbocycles. The molecule has 3 aromatic rings. The van der Waals surface area contributed by atoms with Crippen LogP contribution in [0.25, 0.3) is 10.9 Å². The number of aromatic hydroxyl groups is 1. The predicted molar refractivity (Wildman–Crippen MR) is 93.5 cm³/mol. The van der Waals surface area contributed by atoms with Crippen molar-refractivity contribution < 1.29 is 38.1 Å². The number of rotatable bonds is 5. The number of hydrogen-bond acceptors (Lipinski definition) is 4. The van der Waals surface area contributed by atoms with Gasteiger partial charge in [-0.25, -0.2) is 22.8 Å². The zero-order chi connectivity index (χ0) is 21.5. The van der Waals surface area contributed by atoms with E-state index in [-0.39, 0.29) is 12.2 Å². The Labute approximate surface area is 159 Å². The Morgan fingerprint density at radius 3 is 2.21 bits per heavy atom. The number of fused-ring (bicyclic) bond motifs is 1. The first-order valence-corrected chi connectivity index (χ1v) is 8.08. The topological polar surface area (TPSA) is 117 Å². The van der Waals surface area contributed by atoms with Crippen LogP contribution in [-0.4, -0.2) is 31.8 Å². The highest BCUT2D eigenvalue weighted by Gasteiger charge is 2.28. The van der Waals surface area contributed by atoms with Crippen molar-refractivity contribution in [2.75, 3.05) is 0 Å². The molecule has 1 heterocycles. The van der Waals surface area contributed by atoms with Gasteiger partial charge in [0.2, 0.25) is 5.43 Å². The van der Waals surface area contributed by atoms with Gasteiger partial charge in [-0.15, -0.1) is 0 Å². The second-order valence-corrected chi connectivity index (χ2v) is 6.19. The van der Waals surface area contributed by atoms with Gasteiger partial charge in [-0.2, -0.15) is 0 Å². The van der Waals surface area contributed by atoms with Gasteiger partial charge in [0.15, 0.2) is 17.5 Å². The van der Waals surface area contributed by atoms with E-state index in [1.807, 2.05) is 0 Å². The Morgan fingerprint density at radius 1 is 1.03 bits per heavy atom. The summed E-state index contributed by atoms with van der Waals surface area (Å²) in [5, 5.41) is 27.4. The fourth-order valence-corrected chi connectivity index (χ4v) is 2.98. The van der Waals surface area contributed by atoms with Crippen molar-refractivity contribution in [2.45, 2.75) is 12.5 Å². The molecule has 0 aliphatic rings. The minimum absolute atomic E-state index is 0.0915. The molecule has 0 spiro atoms. The number of aliphatic carboxylic acids is 1.